The highest BCUT2D eigenvalue weighted by Gasteiger charge is 2.59. The van der Waals surface area contributed by atoms with Gasteiger partial charge < -0.3 is 9.26 Å². The van der Waals surface area contributed by atoms with Crippen LogP contribution < -0.4 is 0 Å². The monoisotopic (exact) mass is 341 g/mol. The standard InChI is InChI=1S/C21H27NO3/c1-20-9-7-17-14(3-6-18-21(17,2)10-8-19(23)25-18)16(20)5-4-15(20)13-11-22-24-12-13/h4,11-12,14,16-18H,3,5-10H2,1-2H3/t14-,16-,17-,18?,20+,21+/m0/s1. The minimum absolute atomic E-state index is 0.0128. The van der Waals surface area contributed by atoms with Gasteiger partial charge in [-0.25, -0.2) is 0 Å². The van der Waals surface area contributed by atoms with Gasteiger partial charge in [0.05, 0.1) is 6.20 Å². The first kappa shape index (κ1) is 15.7. The predicted molar refractivity (Wildman–Crippen MR) is 93.4 cm³/mol. The Bertz CT molecular complexity index is 724. The van der Waals surface area contributed by atoms with Crippen molar-refractivity contribution in [2.24, 2.45) is 28.6 Å². The highest BCUT2D eigenvalue weighted by atomic mass is 16.5. The van der Waals surface area contributed by atoms with Crippen LogP contribution in [0.4, 0.5) is 0 Å². The summed E-state index contributed by atoms with van der Waals surface area (Å²) < 4.78 is 10.9. The maximum atomic E-state index is 11.8. The molecule has 2 heterocycles. The van der Waals surface area contributed by atoms with E-state index in [1.807, 2.05) is 6.20 Å². The van der Waals surface area contributed by atoms with Crippen LogP contribution in [0.15, 0.2) is 23.1 Å². The first-order chi connectivity index (χ1) is 12.0. The van der Waals surface area contributed by atoms with Gasteiger partial charge in [0.2, 0.25) is 0 Å². The van der Waals surface area contributed by atoms with Gasteiger partial charge in [-0.2, -0.15) is 0 Å². The average Bonchev–Trinajstić information content (AvgIpc) is 3.22. The Morgan fingerprint density at radius 3 is 2.84 bits per heavy atom. The summed E-state index contributed by atoms with van der Waals surface area (Å²) in [4.78, 5) is 11.8. The van der Waals surface area contributed by atoms with Gasteiger partial charge in [0.25, 0.3) is 0 Å². The zero-order valence-corrected chi connectivity index (χ0v) is 15.2. The molecular weight excluding hydrogens is 314 g/mol. The third-order valence-electron chi connectivity index (χ3n) is 8.25. The Labute approximate surface area is 149 Å². The van der Waals surface area contributed by atoms with Crippen LogP contribution in [-0.4, -0.2) is 17.2 Å². The summed E-state index contributed by atoms with van der Waals surface area (Å²) in [6.45, 7) is 4.85. The third kappa shape index (κ3) is 2.06. The fourth-order valence-electron chi connectivity index (χ4n) is 6.90. The lowest BCUT2D eigenvalue weighted by molar-refractivity contribution is -0.189. The van der Waals surface area contributed by atoms with Crippen molar-refractivity contribution in [1.29, 1.82) is 0 Å². The van der Waals surface area contributed by atoms with Crippen LogP contribution in [0, 0.1) is 28.6 Å². The van der Waals surface area contributed by atoms with E-state index in [4.69, 9.17) is 9.26 Å². The quantitative estimate of drug-likeness (QED) is 0.700. The number of nitrogens with zero attached hydrogens (tertiary/aromatic N) is 1. The van der Waals surface area contributed by atoms with Gasteiger partial charge in [-0.1, -0.05) is 25.1 Å². The summed E-state index contributed by atoms with van der Waals surface area (Å²) in [5.41, 5.74) is 3.02. The van der Waals surface area contributed by atoms with Crippen molar-refractivity contribution in [3.63, 3.8) is 0 Å². The Kier molecular flexibility index (Phi) is 3.27. The zero-order valence-electron chi connectivity index (χ0n) is 15.2. The normalized spacial score (nSPS) is 45.8. The molecule has 25 heavy (non-hydrogen) atoms. The lowest BCUT2D eigenvalue weighted by Crippen LogP contribution is -2.56. The second-order valence-electron chi connectivity index (χ2n) is 9.16. The van der Waals surface area contributed by atoms with Gasteiger partial charge in [-0.15, -0.1) is 0 Å². The maximum Gasteiger partial charge on any atom is 0.306 e. The molecule has 4 nitrogen and oxygen atoms in total. The van der Waals surface area contributed by atoms with E-state index in [2.05, 4.69) is 25.1 Å². The van der Waals surface area contributed by atoms with Gasteiger partial charge in [-0.05, 0) is 67.3 Å². The van der Waals surface area contributed by atoms with Gasteiger partial charge in [0, 0.05) is 17.4 Å². The topological polar surface area (TPSA) is 52.3 Å². The summed E-state index contributed by atoms with van der Waals surface area (Å²) >= 11 is 0. The fraction of sp³-hybridized carbons (Fsp3) is 0.714. The highest BCUT2D eigenvalue weighted by molar-refractivity contribution is 5.72. The molecule has 1 unspecified atom stereocenters. The molecule has 1 aliphatic heterocycles. The van der Waals surface area contributed by atoms with Crippen molar-refractivity contribution in [3.8, 4) is 0 Å². The number of esters is 1. The predicted octanol–water partition coefficient (Wildman–Crippen LogP) is 4.62. The molecule has 4 heteroatoms. The second-order valence-corrected chi connectivity index (χ2v) is 9.16. The van der Waals surface area contributed by atoms with Crippen molar-refractivity contribution in [2.45, 2.75) is 64.9 Å². The Morgan fingerprint density at radius 1 is 1.16 bits per heavy atom. The van der Waals surface area contributed by atoms with Crippen LogP contribution in [0.25, 0.3) is 5.57 Å². The minimum Gasteiger partial charge on any atom is -0.462 e. The van der Waals surface area contributed by atoms with E-state index >= 15 is 0 Å². The summed E-state index contributed by atoms with van der Waals surface area (Å²) in [7, 11) is 0. The molecule has 3 fully saturated rings. The summed E-state index contributed by atoms with van der Waals surface area (Å²) in [6.07, 6.45) is 13.7. The third-order valence-corrected chi connectivity index (χ3v) is 8.25. The van der Waals surface area contributed by atoms with E-state index in [1.165, 1.54) is 31.3 Å². The summed E-state index contributed by atoms with van der Waals surface area (Å²) in [6, 6.07) is 0. The molecule has 0 spiro atoms. The molecule has 0 radical (unpaired) electrons. The van der Waals surface area contributed by atoms with Crippen molar-refractivity contribution in [2.75, 3.05) is 0 Å². The SMILES string of the molecule is C[C@]12CCC(=O)OC1CC[C@@H]1[C@@H]2CC[C@]2(C)C(c3cnoc3)=CC[C@@H]12. The minimum atomic E-state index is 0.0128. The Balaban J connectivity index is 1.45. The Hall–Kier alpha value is -1.58. The molecular formula is C21H27NO3. The molecule has 0 aromatic carbocycles. The maximum absolute atomic E-state index is 11.8. The van der Waals surface area contributed by atoms with Gasteiger partial charge in [-0.3, -0.25) is 4.79 Å². The number of carbonyl (C=O) groups excluding carboxylic acids is 1. The smallest absolute Gasteiger partial charge is 0.306 e. The lowest BCUT2D eigenvalue weighted by atomic mass is 9.47. The first-order valence-electron chi connectivity index (χ1n) is 9.82. The molecule has 2 saturated carbocycles. The van der Waals surface area contributed by atoms with Gasteiger partial charge in [0.15, 0.2) is 0 Å². The molecule has 3 aliphatic carbocycles. The zero-order chi connectivity index (χ0) is 17.2. The largest absolute Gasteiger partial charge is 0.462 e. The van der Waals surface area contributed by atoms with Crippen LogP contribution >= 0.6 is 0 Å². The summed E-state index contributed by atoms with van der Waals surface area (Å²) in [5, 5.41) is 3.92. The van der Waals surface area contributed by atoms with E-state index < -0.39 is 0 Å². The Morgan fingerprint density at radius 2 is 2.04 bits per heavy atom. The number of hydrogen-bond acceptors (Lipinski definition) is 4. The van der Waals surface area contributed by atoms with E-state index in [9.17, 15) is 4.79 Å². The number of hydrogen-bond donors (Lipinski definition) is 0. The number of fused-ring (bicyclic) bond motifs is 5. The highest BCUT2D eigenvalue weighted by Crippen LogP contribution is 2.66. The average molecular weight is 341 g/mol. The molecule has 1 saturated heterocycles. The lowest BCUT2D eigenvalue weighted by Gasteiger charge is -2.59. The molecule has 134 valence electrons. The van der Waals surface area contributed by atoms with Crippen molar-refractivity contribution in [3.05, 3.63) is 24.1 Å². The van der Waals surface area contributed by atoms with Crippen molar-refractivity contribution in [1.82, 2.24) is 5.16 Å². The van der Waals surface area contributed by atoms with Gasteiger partial charge >= 0.3 is 5.97 Å². The number of ether oxygens (including phenoxy) is 1. The number of allylic oxidation sites excluding steroid dienone is 2. The molecule has 0 amide bonds. The van der Waals surface area contributed by atoms with E-state index in [1.54, 1.807) is 6.26 Å². The molecule has 4 aliphatic rings. The number of carbonyl (C=O) groups is 1. The van der Waals surface area contributed by atoms with Crippen LogP contribution in [-0.2, 0) is 9.53 Å². The molecule has 5 rings (SSSR count). The molecule has 1 aromatic rings. The van der Waals surface area contributed by atoms with Crippen LogP contribution in [0.2, 0.25) is 0 Å². The number of aromatic nitrogens is 1. The van der Waals surface area contributed by atoms with Crippen LogP contribution in [0.1, 0.15) is 64.4 Å². The van der Waals surface area contributed by atoms with E-state index in [0.717, 1.165) is 24.3 Å². The van der Waals surface area contributed by atoms with Crippen LogP contribution in [0.5, 0.6) is 0 Å². The van der Waals surface area contributed by atoms with E-state index in [0.29, 0.717) is 18.3 Å². The van der Waals surface area contributed by atoms with E-state index in [-0.39, 0.29) is 22.9 Å². The fourth-order valence-corrected chi connectivity index (χ4v) is 6.90. The van der Waals surface area contributed by atoms with Crippen LogP contribution in [0.3, 0.4) is 0 Å². The second kappa shape index (κ2) is 5.21. The van der Waals surface area contributed by atoms with Crippen molar-refractivity contribution < 1.29 is 14.1 Å². The molecule has 0 N–H and O–H groups in total. The molecule has 1 aromatic heterocycles. The van der Waals surface area contributed by atoms with Gasteiger partial charge in [0.1, 0.15) is 12.4 Å². The molecule has 6 atom stereocenters. The number of rotatable bonds is 1. The summed E-state index contributed by atoms with van der Waals surface area (Å²) in [5.74, 6) is 2.14. The first-order valence-corrected chi connectivity index (χ1v) is 9.82. The molecule has 0 bridgehead atoms. The van der Waals surface area contributed by atoms with Crippen molar-refractivity contribution >= 4 is 11.5 Å².